The molecule has 1 aliphatic rings. The number of hydrazone groups is 1. The van der Waals surface area contributed by atoms with E-state index >= 15 is 0 Å². The van der Waals surface area contributed by atoms with Crippen LogP contribution in [0.2, 0.25) is 5.02 Å². The molecule has 1 aromatic carbocycles. The molecule has 1 aliphatic carbocycles. The maximum atomic E-state index is 11.6. The zero-order valence-electron chi connectivity index (χ0n) is 11.6. The van der Waals surface area contributed by atoms with Crippen LogP contribution in [0.5, 0.6) is 0 Å². The van der Waals surface area contributed by atoms with E-state index in [0.717, 1.165) is 38.9 Å². The number of hydrogen-bond donors (Lipinski definition) is 1. The molecule has 5 heteroatoms. The predicted molar refractivity (Wildman–Crippen MR) is 87.8 cm³/mol. The Balaban J connectivity index is 1.72. The SMILES string of the molecule is CC(=NNC(=O)C1CC1)c1ccc(-c2ccc(Cl)cc2)s1. The van der Waals surface area contributed by atoms with Crippen LogP contribution in [0.1, 0.15) is 24.6 Å². The molecular weight excluding hydrogens is 304 g/mol. The minimum absolute atomic E-state index is 0.0313. The molecule has 0 radical (unpaired) electrons. The fourth-order valence-electron chi connectivity index (χ4n) is 1.93. The van der Waals surface area contributed by atoms with Crippen LogP contribution in [0.25, 0.3) is 10.4 Å². The van der Waals surface area contributed by atoms with Crippen LogP contribution in [0.15, 0.2) is 41.5 Å². The first-order valence-electron chi connectivity index (χ1n) is 6.84. The number of nitrogens with zero attached hydrogens (tertiary/aromatic N) is 1. The Bertz CT molecular complexity index is 687. The van der Waals surface area contributed by atoms with Gasteiger partial charge in [0, 0.05) is 15.8 Å². The maximum absolute atomic E-state index is 11.6. The monoisotopic (exact) mass is 318 g/mol. The molecule has 0 unspecified atom stereocenters. The Hall–Kier alpha value is -1.65. The molecule has 1 aromatic heterocycles. The summed E-state index contributed by atoms with van der Waals surface area (Å²) in [6.07, 6.45) is 1.97. The second-order valence-electron chi connectivity index (χ2n) is 5.12. The minimum atomic E-state index is 0.0313. The number of benzene rings is 1. The highest BCUT2D eigenvalue weighted by molar-refractivity contribution is 7.17. The first-order chi connectivity index (χ1) is 10.1. The van der Waals surface area contributed by atoms with Gasteiger partial charge in [-0.15, -0.1) is 11.3 Å². The van der Waals surface area contributed by atoms with Crippen molar-refractivity contribution >= 4 is 34.6 Å². The van der Waals surface area contributed by atoms with E-state index in [2.05, 4.69) is 16.6 Å². The Morgan fingerprint density at radius 1 is 1.24 bits per heavy atom. The summed E-state index contributed by atoms with van der Waals surface area (Å²) in [4.78, 5) is 13.8. The summed E-state index contributed by atoms with van der Waals surface area (Å²) in [5.74, 6) is 0.207. The molecule has 2 aromatic rings. The lowest BCUT2D eigenvalue weighted by molar-refractivity contribution is -0.122. The van der Waals surface area contributed by atoms with Gasteiger partial charge in [-0.1, -0.05) is 23.7 Å². The van der Waals surface area contributed by atoms with Crippen molar-refractivity contribution in [1.82, 2.24) is 5.43 Å². The fourth-order valence-corrected chi connectivity index (χ4v) is 3.01. The standard InChI is InChI=1S/C16H15ClN2OS/c1-10(18-19-16(20)12-2-3-12)14-8-9-15(21-14)11-4-6-13(17)7-5-11/h4-9,12H,2-3H2,1H3,(H,19,20). The molecule has 0 spiro atoms. The van der Waals surface area contributed by atoms with Crippen molar-refractivity contribution < 1.29 is 4.79 Å². The fraction of sp³-hybridized carbons (Fsp3) is 0.250. The summed E-state index contributed by atoms with van der Waals surface area (Å²) in [5.41, 5.74) is 4.60. The lowest BCUT2D eigenvalue weighted by Gasteiger charge is -1.99. The summed E-state index contributed by atoms with van der Waals surface area (Å²) in [6, 6.07) is 11.8. The minimum Gasteiger partial charge on any atom is -0.273 e. The van der Waals surface area contributed by atoms with Crippen molar-refractivity contribution in [3.05, 3.63) is 46.3 Å². The van der Waals surface area contributed by atoms with Crippen LogP contribution < -0.4 is 5.43 Å². The number of rotatable bonds is 4. The van der Waals surface area contributed by atoms with Gasteiger partial charge in [0.05, 0.1) is 10.6 Å². The molecule has 3 nitrogen and oxygen atoms in total. The molecule has 21 heavy (non-hydrogen) atoms. The molecule has 1 fully saturated rings. The van der Waals surface area contributed by atoms with Crippen LogP contribution in [-0.2, 0) is 4.79 Å². The van der Waals surface area contributed by atoms with Gasteiger partial charge in [0.15, 0.2) is 0 Å². The second-order valence-corrected chi connectivity index (χ2v) is 6.64. The van der Waals surface area contributed by atoms with Crippen molar-refractivity contribution in [2.75, 3.05) is 0 Å². The number of thiophene rings is 1. The summed E-state index contributed by atoms with van der Waals surface area (Å²) in [5, 5.41) is 4.92. The third-order valence-corrected chi connectivity index (χ3v) is 4.87. The van der Waals surface area contributed by atoms with E-state index in [9.17, 15) is 4.79 Å². The average molecular weight is 319 g/mol. The summed E-state index contributed by atoms with van der Waals surface area (Å²) in [7, 11) is 0. The van der Waals surface area contributed by atoms with Crippen LogP contribution in [0.4, 0.5) is 0 Å². The third kappa shape index (κ3) is 3.52. The molecule has 108 valence electrons. The molecule has 1 heterocycles. The quantitative estimate of drug-likeness (QED) is 0.662. The van der Waals surface area contributed by atoms with E-state index in [1.807, 2.05) is 37.3 Å². The van der Waals surface area contributed by atoms with Gasteiger partial charge >= 0.3 is 0 Å². The molecule has 1 saturated carbocycles. The number of hydrogen-bond acceptors (Lipinski definition) is 3. The van der Waals surface area contributed by atoms with E-state index in [4.69, 9.17) is 11.6 Å². The van der Waals surface area contributed by atoms with Gasteiger partial charge in [0.1, 0.15) is 0 Å². The summed E-state index contributed by atoms with van der Waals surface area (Å²) < 4.78 is 0. The van der Waals surface area contributed by atoms with Gasteiger partial charge in [0.2, 0.25) is 5.91 Å². The highest BCUT2D eigenvalue weighted by Crippen LogP contribution is 2.30. The molecule has 0 atom stereocenters. The molecule has 1 N–H and O–H groups in total. The van der Waals surface area contributed by atoms with Crippen LogP contribution in [-0.4, -0.2) is 11.6 Å². The normalized spacial score (nSPS) is 15.0. The first kappa shape index (κ1) is 14.3. The van der Waals surface area contributed by atoms with Gasteiger partial charge in [-0.25, -0.2) is 5.43 Å². The zero-order chi connectivity index (χ0) is 14.8. The van der Waals surface area contributed by atoms with Crippen molar-refractivity contribution in [2.45, 2.75) is 19.8 Å². The van der Waals surface area contributed by atoms with Crippen molar-refractivity contribution in [2.24, 2.45) is 11.0 Å². The predicted octanol–water partition coefficient (Wildman–Crippen LogP) is 4.32. The number of nitrogens with one attached hydrogen (secondary N) is 1. The summed E-state index contributed by atoms with van der Waals surface area (Å²) >= 11 is 7.55. The van der Waals surface area contributed by atoms with Gasteiger partial charge in [0.25, 0.3) is 0 Å². The van der Waals surface area contributed by atoms with Crippen molar-refractivity contribution in [3.63, 3.8) is 0 Å². The van der Waals surface area contributed by atoms with Gasteiger partial charge in [-0.3, -0.25) is 4.79 Å². The number of carbonyl (C=O) groups is 1. The van der Waals surface area contributed by atoms with Gasteiger partial charge in [-0.2, -0.15) is 5.10 Å². The van der Waals surface area contributed by atoms with Gasteiger partial charge in [-0.05, 0) is 49.6 Å². The van der Waals surface area contributed by atoms with Gasteiger partial charge < -0.3 is 0 Å². The van der Waals surface area contributed by atoms with Crippen molar-refractivity contribution in [3.8, 4) is 10.4 Å². The number of amides is 1. The van der Waals surface area contributed by atoms with E-state index in [1.54, 1.807) is 11.3 Å². The first-order valence-corrected chi connectivity index (χ1v) is 8.03. The molecule has 3 rings (SSSR count). The van der Waals surface area contributed by atoms with E-state index in [1.165, 1.54) is 0 Å². The van der Waals surface area contributed by atoms with Crippen LogP contribution in [0, 0.1) is 5.92 Å². The Morgan fingerprint density at radius 2 is 1.95 bits per heavy atom. The lowest BCUT2D eigenvalue weighted by Crippen LogP contribution is -2.20. The highest BCUT2D eigenvalue weighted by Gasteiger charge is 2.29. The summed E-state index contributed by atoms with van der Waals surface area (Å²) in [6.45, 7) is 1.91. The largest absolute Gasteiger partial charge is 0.273 e. The molecule has 0 bridgehead atoms. The highest BCUT2D eigenvalue weighted by atomic mass is 35.5. The topological polar surface area (TPSA) is 41.5 Å². The van der Waals surface area contributed by atoms with Crippen LogP contribution >= 0.6 is 22.9 Å². The molecule has 1 amide bonds. The Labute approximate surface area is 132 Å². The number of carbonyl (C=O) groups excluding carboxylic acids is 1. The average Bonchev–Trinajstić information content (AvgIpc) is 3.23. The smallest absolute Gasteiger partial charge is 0.243 e. The Kier molecular flexibility index (Phi) is 4.08. The molecule has 0 saturated heterocycles. The molecule has 0 aliphatic heterocycles. The lowest BCUT2D eigenvalue weighted by atomic mass is 10.2. The zero-order valence-corrected chi connectivity index (χ0v) is 13.2. The van der Waals surface area contributed by atoms with Crippen LogP contribution in [0.3, 0.4) is 0 Å². The third-order valence-electron chi connectivity index (χ3n) is 3.37. The Morgan fingerprint density at radius 3 is 2.62 bits per heavy atom. The maximum Gasteiger partial charge on any atom is 0.243 e. The second kappa shape index (κ2) is 6.00. The number of halogens is 1. The molecular formula is C16H15ClN2OS. The van der Waals surface area contributed by atoms with E-state index in [-0.39, 0.29) is 11.8 Å². The van der Waals surface area contributed by atoms with Crippen molar-refractivity contribution in [1.29, 1.82) is 0 Å². The van der Waals surface area contributed by atoms with E-state index < -0.39 is 0 Å². The van der Waals surface area contributed by atoms with E-state index in [0.29, 0.717) is 0 Å².